The van der Waals surface area contributed by atoms with Crippen LogP contribution in [0.5, 0.6) is 0 Å². The van der Waals surface area contributed by atoms with Crippen LogP contribution in [0.4, 0.5) is 4.79 Å². The Morgan fingerprint density at radius 1 is 1.33 bits per heavy atom. The van der Waals surface area contributed by atoms with E-state index in [-0.39, 0.29) is 11.5 Å². The van der Waals surface area contributed by atoms with Gasteiger partial charge in [0.15, 0.2) is 0 Å². The minimum Gasteiger partial charge on any atom is -0.444 e. The van der Waals surface area contributed by atoms with Crippen molar-refractivity contribution in [2.75, 3.05) is 13.1 Å². The van der Waals surface area contributed by atoms with E-state index in [1.54, 1.807) is 0 Å². The first-order valence-corrected chi connectivity index (χ1v) is 8.38. The molecule has 132 valence electrons. The van der Waals surface area contributed by atoms with Gasteiger partial charge in [0.1, 0.15) is 5.60 Å². The average molecular weight is 332 g/mol. The average Bonchev–Trinajstić information content (AvgIpc) is 2.46. The van der Waals surface area contributed by atoms with Crippen LogP contribution in [0.3, 0.4) is 0 Å². The Hall–Kier alpha value is -2.04. The summed E-state index contributed by atoms with van der Waals surface area (Å²) in [5.41, 5.74) is 1.60. The maximum Gasteiger partial charge on any atom is 0.410 e. The summed E-state index contributed by atoms with van der Waals surface area (Å²) in [5.74, 6) is 0.372. The van der Waals surface area contributed by atoms with Crippen molar-refractivity contribution in [3.05, 3.63) is 35.4 Å². The van der Waals surface area contributed by atoms with Gasteiger partial charge in [-0.2, -0.15) is 0 Å². The van der Waals surface area contributed by atoms with Crippen molar-refractivity contribution in [3.63, 3.8) is 0 Å². The quantitative estimate of drug-likeness (QED) is 0.500. The molecule has 1 heterocycles. The van der Waals surface area contributed by atoms with E-state index in [0.717, 1.165) is 12.0 Å². The molecule has 0 aromatic heterocycles. The molecule has 1 N–H and O–H groups in total. The molecule has 5 nitrogen and oxygen atoms in total. The Balaban J connectivity index is 2.09. The van der Waals surface area contributed by atoms with Gasteiger partial charge in [-0.25, -0.2) is 4.79 Å². The Labute approximate surface area is 144 Å². The molecule has 1 saturated heterocycles. The highest BCUT2D eigenvalue weighted by atomic mass is 16.6. The summed E-state index contributed by atoms with van der Waals surface area (Å²) >= 11 is 0. The lowest BCUT2D eigenvalue weighted by atomic mass is 9.70. The van der Waals surface area contributed by atoms with Gasteiger partial charge in [-0.05, 0) is 49.7 Å². The van der Waals surface area contributed by atoms with Crippen LogP contribution in [0.2, 0.25) is 0 Å². The molecule has 0 aliphatic carbocycles. The normalized spacial score (nSPS) is 21.0. The molecule has 24 heavy (non-hydrogen) atoms. The van der Waals surface area contributed by atoms with Crippen LogP contribution < -0.4 is 0 Å². The smallest absolute Gasteiger partial charge is 0.410 e. The van der Waals surface area contributed by atoms with Gasteiger partial charge in [0, 0.05) is 13.1 Å². The van der Waals surface area contributed by atoms with Crippen molar-refractivity contribution in [2.24, 2.45) is 10.6 Å². The molecular formula is C19H28N2O3. The van der Waals surface area contributed by atoms with Gasteiger partial charge in [0.05, 0.1) is 6.21 Å². The number of benzene rings is 1. The molecule has 2 rings (SSSR count). The number of likely N-dealkylation sites (tertiary alicyclic amines) is 1. The number of amides is 1. The fourth-order valence-corrected chi connectivity index (χ4v) is 3.34. The summed E-state index contributed by atoms with van der Waals surface area (Å²) in [4.78, 5) is 14.1. The van der Waals surface area contributed by atoms with Crippen molar-refractivity contribution in [1.29, 1.82) is 0 Å². The zero-order valence-corrected chi connectivity index (χ0v) is 15.2. The second-order valence-corrected chi connectivity index (χ2v) is 8.14. The van der Waals surface area contributed by atoms with Crippen LogP contribution in [0.15, 0.2) is 29.4 Å². The zero-order valence-electron chi connectivity index (χ0n) is 15.2. The third kappa shape index (κ3) is 4.49. The number of hydrogen-bond acceptors (Lipinski definition) is 4. The topological polar surface area (TPSA) is 62.1 Å². The predicted octanol–water partition coefficient (Wildman–Crippen LogP) is 4.25. The SMILES string of the molecule is CC(C)(C)OC(=O)N1CCC(c2ccc(/C=N/O)cc2)C(C)(C)C1. The molecular weight excluding hydrogens is 304 g/mol. The summed E-state index contributed by atoms with van der Waals surface area (Å²) in [5, 5.41) is 11.7. The second kappa shape index (κ2) is 6.83. The standard InChI is InChI=1S/C19H28N2O3/c1-18(2,3)24-17(22)21-11-10-16(19(4,5)13-21)15-8-6-14(7-9-15)12-20-23/h6-9,12,16,23H,10-11,13H2,1-5H3/b20-12+. The molecule has 0 bridgehead atoms. The Bertz CT molecular complexity index is 600. The van der Waals surface area contributed by atoms with Gasteiger partial charge in [0.2, 0.25) is 0 Å². The molecule has 1 fully saturated rings. The Kier molecular flexibility index (Phi) is 5.21. The lowest BCUT2D eigenvalue weighted by Gasteiger charge is -2.44. The first kappa shape index (κ1) is 18.3. The van der Waals surface area contributed by atoms with E-state index in [0.29, 0.717) is 19.0 Å². The van der Waals surface area contributed by atoms with E-state index in [2.05, 4.69) is 31.1 Å². The van der Waals surface area contributed by atoms with Crippen molar-refractivity contribution in [1.82, 2.24) is 4.90 Å². The minimum atomic E-state index is -0.470. The third-order valence-electron chi connectivity index (χ3n) is 4.43. The maximum atomic E-state index is 12.3. The van der Waals surface area contributed by atoms with Gasteiger partial charge >= 0.3 is 6.09 Å². The first-order valence-electron chi connectivity index (χ1n) is 8.38. The molecule has 5 heteroatoms. The molecule has 1 aliphatic heterocycles. The maximum absolute atomic E-state index is 12.3. The van der Waals surface area contributed by atoms with E-state index in [1.165, 1.54) is 11.8 Å². The summed E-state index contributed by atoms with van der Waals surface area (Å²) in [6.45, 7) is 11.4. The largest absolute Gasteiger partial charge is 0.444 e. The summed E-state index contributed by atoms with van der Waals surface area (Å²) < 4.78 is 5.50. The summed E-state index contributed by atoms with van der Waals surface area (Å²) in [6, 6.07) is 8.05. The molecule has 0 radical (unpaired) electrons. The van der Waals surface area contributed by atoms with Gasteiger partial charge in [-0.15, -0.1) is 0 Å². The molecule has 1 aromatic rings. The predicted molar refractivity (Wildman–Crippen MR) is 94.8 cm³/mol. The van der Waals surface area contributed by atoms with E-state index >= 15 is 0 Å². The number of hydrogen-bond donors (Lipinski definition) is 1. The van der Waals surface area contributed by atoms with Gasteiger partial charge < -0.3 is 14.8 Å². The van der Waals surface area contributed by atoms with E-state index in [1.807, 2.05) is 37.8 Å². The van der Waals surface area contributed by atoms with Crippen LogP contribution in [0, 0.1) is 5.41 Å². The van der Waals surface area contributed by atoms with Gasteiger partial charge in [-0.3, -0.25) is 0 Å². The zero-order chi connectivity index (χ0) is 18.0. The molecule has 1 aliphatic rings. The van der Waals surface area contributed by atoms with E-state index < -0.39 is 5.60 Å². The van der Waals surface area contributed by atoms with Crippen molar-refractivity contribution in [2.45, 2.75) is 52.6 Å². The molecule has 1 aromatic carbocycles. The van der Waals surface area contributed by atoms with Gasteiger partial charge in [-0.1, -0.05) is 43.3 Å². The Morgan fingerprint density at radius 2 is 1.96 bits per heavy atom. The van der Waals surface area contributed by atoms with Gasteiger partial charge in [0.25, 0.3) is 0 Å². The molecule has 0 saturated carbocycles. The van der Waals surface area contributed by atoms with Crippen LogP contribution in [0.1, 0.15) is 58.1 Å². The van der Waals surface area contributed by atoms with Crippen LogP contribution in [0.25, 0.3) is 0 Å². The highest BCUT2D eigenvalue weighted by Crippen LogP contribution is 2.42. The molecule has 1 unspecified atom stereocenters. The monoisotopic (exact) mass is 332 g/mol. The second-order valence-electron chi connectivity index (χ2n) is 8.14. The number of carbonyl (C=O) groups is 1. The molecule has 1 amide bonds. The summed E-state index contributed by atoms with van der Waals surface area (Å²) in [7, 11) is 0. The van der Waals surface area contributed by atoms with E-state index in [4.69, 9.17) is 9.94 Å². The van der Waals surface area contributed by atoms with Crippen molar-refractivity contribution < 1.29 is 14.7 Å². The number of rotatable bonds is 2. The van der Waals surface area contributed by atoms with Crippen LogP contribution in [-0.4, -0.2) is 41.1 Å². The third-order valence-corrected chi connectivity index (χ3v) is 4.43. The molecule has 1 atom stereocenters. The number of ether oxygens (including phenoxy) is 1. The molecule has 0 spiro atoms. The van der Waals surface area contributed by atoms with Crippen LogP contribution >= 0.6 is 0 Å². The lowest BCUT2D eigenvalue weighted by Crippen LogP contribution is -2.48. The first-order chi connectivity index (χ1) is 11.1. The number of carbonyl (C=O) groups excluding carboxylic acids is 1. The lowest BCUT2D eigenvalue weighted by molar-refractivity contribution is 0.00479. The minimum absolute atomic E-state index is 0.0399. The highest BCUT2D eigenvalue weighted by molar-refractivity contribution is 5.79. The van der Waals surface area contributed by atoms with Crippen molar-refractivity contribution >= 4 is 12.3 Å². The number of piperidine rings is 1. The number of oxime groups is 1. The van der Waals surface area contributed by atoms with Crippen LogP contribution in [-0.2, 0) is 4.74 Å². The highest BCUT2D eigenvalue weighted by Gasteiger charge is 2.39. The Morgan fingerprint density at radius 3 is 2.46 bits per heavy atom. The van der Waals surface area contributed by atoms with E-state index in [9.17, 15) is 4.79 Å². The number of nitrogens with zero attached hydrogens (tertiary/aromatic N) is 2. The van der Waals surface area contributed by atoms with Crippen molar-refractivity contribution in [3.8, 4) is 0 Å². The fourth-order valence-electron chi connectivity index (χ4n) is 3.34. The summed E-state index contributed by atoms with van der Waals surface area (Å²) in [6.07, 6.45) is 2.09. The fraction of sp³-hybridized carbons (Fsp3) is 0.579.